The summed E-state index contributed by atoms with van der Waals surface area (Å²) in [7, 11) is -9.04. The monoisotopic (exact) mass is 504 g/mol. The summed E-state index contributed by atoms with van der Waals surface area (Å²) >= 11 is 0. The maximum atomic E-state index is 10.3. The summed E-state index contributed by atoms with van der Waals surface area (Å²) in [5.41, 5.74) is 0. The van der Waals surface area contributed by atoms with E-state index in [4.69, 9.17) is 0 Å². The van der Waals surface area contributed by atoms with E-state index in [0.717, 1.165) is 0 Å². The molecule has 0 saturated heterocycles. The SMILES string of the molecule is [O-][P+]([O-])([O-])c1ccccc1.[O-][P+]([O-])([O-])c1ccccc1.[Zn+2].[Zn+2].[Zn+2]. The molecule has 0 fully saturated rings. The standard InChI is InChI=1S/2C6H7O3P.3Zn/c2*7-10(8,9)6-4-2-1-3-5-6;;;/h2*1-5H,(H2,7,8,9);;;/q;;3*+2/p-4. The molecule has 0 N–H and O–H groups in total. The van der Waals surface area contributed by atoms with Crippen LogP contribution in [-0.4, -0.2) is 0 Å². The first-order chi connectivity index (χ1) is 9.21. The molecule has 0 aliphatic rings. The molecule has 2 rings (SSSR count). The van der Waals surface area contributed by atoms with Crippen LogP contribution in [0.1, 0.15) is 0 Å². The second kappa shape index (κ2) is 13.2. The van der Waals surface area contributed by atoms with E-state index in [1.165, 1.54) is 48.5 Å². The summed E-state index contributed by atoms with van der Waals surface area (Å²) in [6, 6.07) is 14.5. The van der Waals surface area contributed by atoms with E-state index in [1.807, 2.05) is 0 Å². The van der Waals surface area contributed by atoms with Crippen molar-refractivity contribution in [3.63, 3.8) is 0 Å². The van der Waals surface area contributed by atoms with Crippen molar-refractivity contribution in [3.05, 3.63) is 60.7 Å². The van der Waals surface area contributed by atoms with E-state index in [0.29, 0.717) is 0 Å². The molecule has 0 unspecified atom stereocenters. The zero-order valence-electron chi connectivity index (χ0n) is 12.2. The van der Waals surface area contributed by atoms with E-state index in [1.54, 1.807) is 12.1 Å². The molecule has 23 heavy (non-hydrogen) atoms. The fourth-order valence-corrected chi connectivity index (χ4v) is 2.30. The maximum Gasteiger partial charge on any atom is 2.00 e. The van der Waals surface area contributed by atoms with Gasteiger partial charge in [-0.1, -0.05) is 36.4 Å². The molecule has 0 saturated carbocycles. The van der Waals surface area contributed by atoms with Gasteiger partial charge in [-0.2, -0.15) is 0 Å². The quantitative estimate of drug-likeness (QED) is 0.303. The molecule has 0 bridgehead atoms. The molecule has 0 spiro atoms. The third kappa shape index (κ3) is 12.0. The molecule has 0 aliphatic heterocycles. The normalized spacial score (nSPS) is 10.0. The maximum absolute atomic E-state index is 10.3. The summed E-state index contributed by atoms with van der Waals surface area (Å²) in [6.07, 6.45) is 0. The van der Waals surface area contributed by atoms with Gasteiger partial charge in [0, 0.05) is 0 Å². The first-order valence-corrected chi connectivity index (χ1v) is 8.45. The first kappa shape index (κ1) is 28.7. The predicted molar refractivity (Wildman–Crippen MR) is 66.0 cm³/mol. The largest absolute Gasteiger partial charge is 2.00 e. The molecule has 2 aromatic carbocycles. The van der Waals surface area contributed by atoms with Crippen LogP contribution in [0.25, 0.3) is 0 Å². The number of rotatable bonds is 2. The Hall–Kier alpha value is 0.930. The van der Waals surface area contributed by atoms with E-state index in [9.17, 15) is 29.4 Å². The smallest absolute Gasteiger partial charge is 0.684 e. The molecule has 6 nitrogen and oxygen atoms in total. The Kier molecular flexibility index (Phi) is 16.5. The molecule has 11 heteroatoms. The number of hydrogen-bond donors (Lipinski definition) is 0. The molecular weight excluding hydrogens is 498 g/mol. The van der Waals surface area contributed by atoms with Crippen molar-refractivity contribution in [1.29, 1.82) is 0 Å². The van der Waals surface area contributed by atoms with Gasteiger partial charge in [-0.15, -0.1) is 15.9 Å². The summed E-state index contributed by atoms with van der Waals surface area (Å²) in [5, 5.41) is -0.315. The summed E-state index contributed by atoms with van der Waals surface area (Å²) in [6.45, 7) is 0. The van der Waals surface area contributed by atoms with Crippen molar-refractivity contribution >= 4 is 26.5 Å². The summed E-state index contributed by atoms with van der Waals surface area (Å²) in [4.78, 5) is 61.8. The van der Waals surface area contributed by atoms with Crippen molar-refractivity contribution in [3.8, 4) is 0 Å². The minimum atomic E-state index is -4.52. The molecule has 2 aromatic rings. The van der Waals surface area contributed by atoms with Crippen LogP contribution in [0.4, 0.5) is 0 Å². The van der Waals surface area contributed by atoms with Crippen LogP contribution in [0.5, 0.6) is 0 Å². The minimum Gasteiger partial charge on any atom is -0.684 e. The third-order valence-corrected chi connectivity index (χ3v) is 4.01. The third-order valence-electron chi connectivity index (χ3n) is 2.14. The van der Waals surface area contributed by atoms with Gasteiger partial charge in [0.1, 0.15) is 0 Å². The van der Waals surface area contributed by atoms with Gasteiger partial charge >= 0.3 is 58.4 Å². The Morgan fingerprint density at radius 2 is 0.652 bits per heavy atom. The van der Waals surface area contributed by atoms with E-state index < -0.39 is 15.9 Å². The molecule has 0 amide bonds. The Bertz CT molecular complexity index is 470. The molecule has 0 aliphatic carbocycles. The van der Waals surface area contributed by atoms with Gasteiger partial charge in [0.05, 0.1) is 10.6 Å². The zero-order valence-corrected chi connectivity index (χ0v) is 22.9. The van der Waals surface area contributed by atoms with E-state index >= 15 is 0 Å². The van der Waals surface area contributed by atoms with Gasteiger partial charge in [0.2, 0.25) is 0 Å². The Balaban J connectivity index is -0.000000308. The first-order valence-electron chi connectivity index (χ1n) is 5.36. The molecule has 0 atom stereocenters. The molecule has 108 valence electrons. The van der Waals surface area contributed by atoms with Crippen LogP contribution in [0.3, 0.4) is 0 Å². The molecule has 0 aromatic heterocycles. The average molecular weight is 508 g/mol. The van der Waals surface area contributed by atoms with E-state index in [-0.39, 0.29) is 69.0 Å². The van der Waals surface area contributed by atoms with Crippen molar-refractivity contribution < 1.29 is 87.8 Å². The van der Waals surface area contributed by atoms with Gasteiger partial charge < -0.3 is 29.4 Å². The van der Waals surface area contributed by atoms with Crippen molar-refractivity contribution in [2.24, 2.45) is 0 Å². The van der Waals surface area contributed by atoms with Crippen molar-refractivity contribution in [2.75, 3.05) is 0 Å². The van der Waals surface area contributed by atoms with Crippen LogP contribution >= 0.6 is 15.9 Å². The van der Waals surface area contributed by atoms with Gasteiger partial charge in [-0.05, 0) is 24.3 Å². The fourth-order valence-electron chi connectivity index (χ4n) is 1.22. The number of benzene rings is 2. The molecule has 0 radical (unpaired) electrons. The van der Waals surface area contributed by atoms with Gasteiger partial charge in [-0.25, -0.2) is 0 Å². The van der Waals surface area contributed by atoms with Crippen LogP contribution in [0.2, 0.25) is 0 Å². The van der Waals surface area contributed by atoms with Crippen LogP contribution in [0, 0.1) is 0 Å². The predicted octanol–water partition coefficient (Wildman–Crippen LogP) is -3.70. The van der Waals surface area contributed by atoms with Crippen LogP contribution < -0.4 is 40.0 Å². The summed E-state index contributed by atoms with van der Waals surface area (Å²) in [5.74, 6) is 0. The number of hydrogen-bond acceptors (Lipinski definition) is 6. The topological polar surface area (TPSA) is 138 Å². The van der Waals surface area contributed by atoms with Gasteiger partial charge in [-0.3, -0.25) is 0 Å². The zero-order chi connectivity index (χ0) is 15.2. The van der Waals surface area contributed by atoms with Crippen molar-refractivity contribution in [2.45, 2.75) is 0 Å². The fraction of sp³-hybridized carbons (Fsp3) is 0. The van der Waals surface area contributed by atoms with E-state index in [2.05, 4.69) is 0 Å². The molecular formula is C12H10O6P2Zn3+2. The second-order valence-electron chi connectivity index (χ2n) is 3.67. The average Bonchev–Trinajstić information content (AvgIpc) is 2.40. The van der Waals surface area contributed by atoms with Crippen LogP contribution in [-0.2, 0) is 58.4 Å². The van der Waals surface area contributed by atoms with Crippen LogP contribution in [0.15, 0.2) is 60.7 Å². The Morgan fingerprint density at radius 3 is 0.783 bits per heavy atom. The molecule has 0 heterocycles. The summed E-state index contributed by atoms with van der Waals surface area (Å²) < 4.78 is 0. The van der Waals surface area contributed by atoms with Gasteiger partial charge in [0.25, 0.3) is 0 Å². The minimum absolute atomic E-state index is 0. The second-order valence-corrected chi connectivity index (χ2v) is 6.69. The van der Waals surface area contributed by atoms with Crippen molar-refractivity contribution in [1.82, 2.24) is 0 Å². The Morgan fingerprint density at radius 1 is 0.435 bits per heavy atom. The Labute approximate surface area is 174 Å². The van der Waals surface area contributed by atoms with Gasteiger partial charge in [0.15, 0.2) is 0 Å².